The van der Waals surface area contributed by atoms with Crippen molar-refractivity contribution in [1.82, 2.24) is 19.6 Å². The van der Waals surface area contributed by atoms with Crippen molar-refractivity contribution < 1.29 is 9.90 Å². The number of anilines is 4. The van der Waals surface area contributed by atoms with Crippen LogP contribution < -0.4 is 15.5 Å². The molecule has 150 valence electrons. The van der Waals surface area contributed by atoms with E-state index in [1.807, 2.05) is 32.0 Å². The number of carbonyl (C=O) groups is 1. The number of hydrogen-bond acceptors (Lipinski definition) is 7. The number of aliphatic hydroxyl groups excluding tert-OH is 1. The summed E-state index contributed by atoms with van der Waals surface area (Å²) in [4.78, 5) is 23.4. The van der Waals surface area contributed by atoms with E-state index in [1.165, 1.54) is 0 Å². The molecule has 0 aliphatic carbocycles. The van der Waals surface area contributed by atoms with Crippen molar-refractivity contribution in [2.45, 2.75) is 25.7 Å². The highest BCUT2D eigenvalue weighted by Gasteiger charge is 2.38. The maximum absolute atomic E-state index is 12.2. The maximum Gasteiger partial charge on any atom is 0.247 e. The molecule has 1 fully saturated rings. The van der Waals surface area contributed by atoms with E-state index in [0.29, 0.717) is 11.6 Å². The lowest BCUT2D eigenvalue weighted by Gasteiger charge is -2.16. The van der Waals surface area contributed by atoms with Crippen molar-refractivity contribution in [3.05, 3.63) is 36.2 Å². The van der Waals surface area contributed by atoms with E-state index in [2.05, 4.69) is 30.6 Å². The normalized spacial score (nSPS) is 20.2. The highest BCUT2D eigenvalue weighted by Crippen LogP contribution is 2.39. The fourth-order valence-electron chi connectivity index (χ4n) is 4.05. The Morgan fingerprint density at radius 2 is 2.24 bits per heavy atom. The fourth-order valence-corrected chi connectivity index (χ4v) is 4.05. The second kappa shape index (κ2) is 6.41. The molecule has 2 aliphatic rings. The summed E-state index contributed by atoms with van der Waals surface area (Å²) >= 11 is 0. The Labute approximate surface area is 167 Å². The molecule has 9 nitrogen and oxygen atoms in total. The standard InChI is InChI=1S/C20H23N7O2/c1-20(2)14-4-3-13(9-15(14)23-18(20)29)22-19-24-17-16(21-6-8-27(17)25-19)26-7-5-12(10-26)11-28/h3-4,6,8-9,12,28H,5,7,10-11H2,1-2H3,(H,22,25)(H,23,29). The van der Waals surface area contributed by atoms with Crippen LogP contribution in [0.25, 0.3) is 5.65 Å². The number of carbonyl (C=O) groups excluding carboxylic acids is 1. The Morgan fingerprint density at radius 1 is 1.38 bits per heavy atom. The van der Waals surface area contributed by atoms with Crippen molar-refractivity contribution in [3.8, 4) is 0 Å². The first-order valence-electron chi connectivity index (χ1n) is 9.76. The summed E-state index contributed by atoms with van der Waals surface area (Å²) in [5.74, 6) is 1.49. The Hall–Kier alpha value is -3.20. The predicted octanol–water partition coefficient (Wildman–Crippen LogP) is 1.92. The number of rotatable bonds is 4. The van der Waals surface area contributed by atoms with E-state index in [1.54, 1.807) is 16.9 Å². The average molecular weight is 393 g/mol. The third-order valence-electron chi connectivity index (χ3n) is 5.84. The smallest absolute Gasteiger partial charge is 0.247 e. The van der Waals surface area contributed by atoms with Gasteiger partial charge in [-0.05, 0) is 38.0 Å². The van der Waals surface area contributed by atoms with Crippen LogP contribution in [0.4, 0.5) is 23.1 Å². The monoisotopic (exact) mass is 393 g/mol. The zero-order chi connectivity index (χ0) is 20.2. The summed E-state index contributed by atoms with van der Waals surface area (Å²) in [6, 6.07) is 5.79. The number of aromatic nitrogens is 4. The van der Waals surface area contributed by atoms with E-state index < -0.39 is 5.41 Å². The summed E-state index contributed by atoms with van der Waals surface area (Å²) < 4.78 is 1.70. The van der Waals surface area contributed by atoms with Crippen molar-refractivity contribution >= 4 is 34.7 Å². The molecule has 9 heteroatoms. The number of nitrogens with one attached hydrogen (secondary N) is 2. The Bertz CT molecular complexity index is 1110. The van der Waals surface area contributed by atoms with Gasteiger partial charge >= 0.3 is 0 Å². The Balaban J connectivity index is 1.43. The zero-order valence-electron chi connectivity index (χ0n) is 16.4. The topological polar surface area (TPSA) is 108 Å². The molecule has 0 spiro atoms. The second-order valence-corrected chi connectivity index (χ2v) is 8.20. The molecule has 1 atom stereocenters. The van der Waals surface area contributed by atoms with Gasteiger partial charge in [0.2, 0.25) is 11.9 Å². The minimum Gasteiger partial charge on any atom is -0.396 e. The van der Waals surface area contributed by atoms with Gasteiger partial charge in [0.1, 0.15) is 0 Å². The van der Waals surface area contributed by atoms with Crippen LogP contribution in [0.2, 0.25) is 0 Å². The molecular weight excluding hydrogens is 370 g/mol. The third kappa shape index (κ3) is 2.89. The van der Waals surface area contributed by atoms with Gasteiger partial charge in [-0.2, -0.15) is 4.98 Å². The first kappa shape index (κ1) is 17.9. The predicted molar refractivity (Wildman–Crippen MR) is 110 cm³/mol. The molecule has 3 aromatic rings. The van der Waals surface area contributed by atoms with Gasteiger partial charge in [-0.25, -0.2) is 9.50 Å². The molecule has 0 bridgehead atoms. The number of aliphatic hydroxyl groups is 1. The Morgan fingerprint density at radius 3 is 3.03 bits per heavy atom. The summed E-state index contributed by atoms with van der Waals surface area (Å²) in [5.41, 5.74) is 2.73. The largest absolute Gasteiger partial charge is 0.396 e. The first-order chi connectivity index (χ1) is 14.0. The lowest BCUT2D eigenvalue weighted by atomic mass is 9.86. The zero-order valence-corrected chi connectivity index (χ0v) is 16.4. The molecule has 2 aromatic heterocycles. The molecule has 0 saturated carbocycles. The molecule has 1 amide bonds. The summed E-state index contributed by atoms with van der Waals surface area (Å²) in [7, 11) is 0. The van der Waals surface area contributed by atoms with Crippen molar-refractivity contribution in [2.24, 2.45) is 5.92 Å². The maximum atomic E-state index is 12.2. The molecule has 29 heavy (non-hydrogen) atoms. The first-order valence-corrected chi connectivity index (χ1v) is 9.76. The van der Waals surface area contributed by atoms with Crippen LogP contribution in [0.5, 0.6) is 0 Å². The van der Waals surface area contributed by atoms with E-state index in [9.17, 15) is 9.90 Å². The second-order valence-electron chi connectivity index (χ2n) is 8.20. The van der Waals surface area contributed by atoms with Crippen LogP contribution in [-0.2, 0) is 10.2 Å². The van der Waals surface area contributed by atoms with Gasteiger partial charge in [-0.15, -0.1) is 5.10 Å². The highest BCUT2D eigenvalue weighted by atomic mass is 16.3. The summed E-state index contributed by atoms with van der Waals surface area (Å²) in [6.45, 7) is 5.62. The van der Waals surface area contributed by atoms with Crippen LogP contribution in [0.15, 0.2) is 30.6 Å². The van der Waals surface area contributed by atoms with Gasteiger partial charge in [0.15, 0.2) is 11.5 Å². The molecule has 1 saturated heterocycles. The van der Waals surface area contributed by atoms with Crippen LogP contribution in [0, 0.1) is 5.92 Å². The average Bonchev–Trinajstić information content (AvgIpc) is 3.38. The molecule has 3 N–H and O–H groups in total. The van der Waals surface area contributed by atoms with Crippen LogP contribution in [-0.4, -0.2) is 50.3 Å². The number of nitrogens with zero attached hydrogens (tertiary/aromatic N) is 5. The van der Waals surface area contributed by atoms with E-state index >= 15 is 0 Å². The molecule has 4 heterocycles. The van der Waals surface area contributed by atoms with Gasteiger partial charge in [0, 0.05) is 49.4 Å². The lowest BCUT2D eigenvalue weighted by molar-refractivity contribution is -0.119. The summed E-state index contributed by atoms with van der Waals surface area (Å²) in [5, 5.41) is 20.1. The number of amides is 1. The highest BCUT2D eigenvalue weighted by molar-refractivity contribution is 6.06. The number of benzene rings is 1. The minimum atomic E-state index is -0.530. The van der Waals surface area contributed by atoms with Crippen LogP contribution in [0.1, 0.15) is 25.8 Å². The molecule has 1 unspecified atom stereocenters. The van der Waals surface area contributed by atoms with E-state index in [0.717, 1.165) is 42.3 Å². The molecule has 5 rings (SSSR count). The van der Waals surface area contributed by atoms with E-state index in [4.69, 9.17) is 0 Å². The SMILES string of the molecule is CC1(C)C(=O)Nc2cc(Nc3nc4c(N5CCC(CO)C5)nccn4n3)ccc21. The van der Waals surface area contributed by atoms with E-state index in [-0.39, 0.29) is 18.4 Å². The van der Waals surface area contributed by atoms with Crippen LogP contribution in [0.3, 0.4) is 0 Å². The number of fused-ring (bicyclic) bond motifs is 2. The number of hydrogen-bond donors (Lipinski definition) is 3. The molecule has 2 aliphatic heterocycles. The fraction of sp³-hybridized carbons (Fsp3) is 0.400. The van der Waals surface area contributed by atoms with Crippen molar-refractivity contribution in [2.75, 3.05) is 35.2 Å². The van der Waals surface area contributed by atoms with Gasteiger partial charge < -0.3 is 20.6 Å². The molecular formula is C20H23N7O2. The summed E-state index contributed by atoms with van der Waals surface area (Å²) in [6.07, 6.45) is 4.41. The van der Waals surface area contributed by atoms with Gasteiger partial charge in [-0.3, -0.25) is 4.79 Å². The van der Waals surface area contributed by atoms with Gasteiger partial charge in [-0.1, -0.05) is 6.07 Å². The third-order valence-corrected chi connectivity index (χ3v) is 5.84. The van der Waals surface area contributed by atoms with Crippen molar-refractivity contribution in [1.29, 1.82) is 0 Å². The minimum absolute atomic E-state index is 0.00184. The van der Waals surface area contributed by atoms with Crippen LogP contribution >= 0.6 is 0 Å². The molecule has 1 aromatic carbocycles. The van der Waals surface area contributed by atoms with Gasteiger partial charge in [0.05, 0.1) is 5.41 Å². The van der Waals surface area contributed by atoms with Crippen molar-refractivity contribution in [3.63, 3.8) is 0 Å². The van der Waals surface area contributed by atoms with Gasteiger partial charge in [0.25, 0.3) is 0 Å². The quantitative estimate of drug-likeness (QED) is 0.621. The lowest BCUT2D eigenvalue weighted by Crippen LogP contribution is -2.26. The molecule has 0 radical (unpaired) electrons. The Kier molecular flexibility index (Phi) is 3.95.